The molecule has 0 heterocycles. The summed E-state index contributed by atoms with van der Waals surface area (Å²) in [5, 5.41) is 0. The number of allylic oxidation sites excluding steroid dienone is 6. The van der Waals surface area contributed by atoms with Gasteiger partial charge in [-0.1, -0.05) is 81.5 Å². The van der Waals surface area contributed by atoms with Crippen LogP contribution in [0, 0.1) is 11.3 Å². The maximum absolute atomic E-state index is 2.32. The van der Waals surface area contributed by atoms with Crippen molar-refractivity contribution in [2.45, 2.75) is 20.8 Å². The molecule has 0 aromatic heterocycles. The van der Waals surface area contributed by atoms with E-state index in [0.29, 0.717) is 5.92 Å². The molecule has 0 fully saturated rings. The van der Waals surface area contributed by atoms with Crippen molar-refractivity contribution in [1.29, 1.82) is 0 Å². The van der Waals surface area contributed by atoms with Crippen molar-refractivity contribution in [2.24, 2.45) is 11.3 Å². The van der Waals surface area contributed by atoms with Crippen LogP contribution in [0.3, 0.4) is 0 Å². The summed E-state index contributed by atoms with van der Waals surface area (Å²) in [7, 11) is 0. The highest BCUT2D eigenvalue weighted by atomic mass is 14.3. The number of hydrogen-bond acceptors (Lipinski definition) is 0. The second-order valence-corrected chi connectivity index (χ2v) is 5.20. The first kappa shape index (κ1) is 11.9. The Kier molecular flexibility index (Phi) is 3.33. The Bertz CT molecular complexity index is 460. The van der Waals surface area contributed by atoms with Crippen LogP contribution in [0.4, 0.5) is 0 Å². The summed E-state index contributed by atoms with van der Waals surface area (Å²) in [6, 6.07) is 10.5. The molecule has 1 aliphatic carbocycles. The Balaban J connectivity index is 2.31. The molecular weight excluding hydrogens is 204 g/mol. The second kappa shape index (κ2) is 4.75. The normalized spacial score (nSPS) is 23.6. The Morgan fingerprint density at radius 3 is 2.35 bits per heavy atom. The molecule has 2 rings (SSSR count). The van der Waals surface area contributed by atoms with Gasteiger partial charge < -0.3 is 0 Å². The Morgan fingerprint density at radius 2 is 1.71 bits per heavy atom. The molecule has 0 aliphatic heterocycles. The maximum Gasteiger partial charge on any atom is 0.00620 e. The van der Waals surface area contributed by atoms with Crippen molar-refractivity contribution < 1.29 is 0 Å². The standard InChI is InChI=1S/C17H20/c1-14(2)17(3)12-7-10-16(11-13-17)15-8-5-4-6-9-15/h4-14H,1-3H3. The number of rotatable bonds is 2. The first-order chi connectivity index (χ1) is 8.12. The summed E-state index contributed by atoms with van der Waals surface area (Å²) in [6.07, 6.45) is 11.2. The molecule has 0 heteroatoms. The minimum absolute atomic E-state index is 0.160. The lowest BCUT2D eigenvalue weighted by Crippen LogP contribution is -2.17. The first-order valence-corrected chi connectivity index (χ1v) is 6.26. The monoisotopic (exact) mass is 224 g/mol. The fourth-order valence-electron chi connectivity index (χ4n) is 1.95. The Hall–Kier alpha value is -1.56. The molecule has 0 spiro atoms. The molecule has 1 aliphatic rings. The molecule has 0 bridgehead atoms. The van der Waals surface area contributed by atoms with Crippen LogP contribution in [0.15, 0.2) is 60.7 Å². The minimum atomic E-state index is 0.160. The predicted octanol–water partition coefficient (Wildman–Crippen LogP) is 4.86. The summed E-state index contributed by atoms with van der Waals surface area (Å²) in [4.78, 5) is 0. The van der Waals surface area contributed by atoms with Crippen molar-refractivity contribution in [3.05, 3.63) is 66.3 Å². The molecule has 1 aromatic carbocycles. The maximum atomic E-state index is 2.32. The molecule has 1 aromatic rings. The third-order valence-corrected chi connectivity index (χ3v) is 3.70. The molecule has 0 radical (unpaired) electrons. The van der Waals surface area contributed by atoms with E-state index >= 15 is 0 Å². The van der Waals surface area contributed by atoms with Crippen molar-refractivity contribution in [3.63, 3.8) is 0 Å². The average molecular weight is 224 g/mol. The van der Waals surface area contributed by atoms with E-state index in [1.165, 1.54) is 11.1 Å². The van der Waals surface area contributed by atoms with Gasteiger partial charge in [0, 0.05) is 5.41 Å². The van der Waals surface area contributed by atoms with Crippen molar-refractivity contribution in [3.8, 4) is 0 Å². The molecule has 0 saturated heterocycles. The van der Waals surface area contributed by atoms with Gasteiger partial charge in [-0.25, -0.2) is 0 Å². The van der Waals surface area contributed by atoms with Gasteiger partial charge in [0.2, 0.25) is 0 Å². The molecule has 1 atom stereocenters. The third kappa shape index (κ3) is 2.58. The first-order valence-electron chi connectivity index (χ1n) is 6.26. The van der Waals surface area contributed by atoms with Crippen LogP contribution in [-0.2, 0) is 0 Å². The van der Waals surface area contributed by atoms with E-state index in [0.717, 1.165) is 0 Å². The number of benzene rings is 1. The van der Waals surface area contributed by atoms with E-state index in [2.05, 4.69) is 81.5 Å². The molecule has 1 unspecified atom stereocenters. The average Bonchev–Trinajstić information content (AvgIpc) is 2.54. The van der Waals surface area contributed by atoms with Crippen LogP contribution in [0.25, 0.3) is 5.57 Å². The quantitative estimate of drug-likeness (QED) is 0.673. The lowest BCUT2D eigenvalue weighted by Gasteiger charge is -2.26. The number of hydrogen-bond donors (Lipinski definition) is 0. The molecule has 0 nitrogen and oxygen atoms in total. The highest BCUT2D eigenvalue weighted by molar-refractivity contribution is 5.75. The van der Waals surface area contributed by atoms with E-state index in [9.17, 15) is 0 Å². The van der Waals surface area contributed by atoms with Crippen LogP contribution in [0.2, 0.25) is 0 Å². The Labute approximate surface area is 104 Å². The second-order valence-electron chi connectivity index (χ2n) is 5.20. The van der Waals surface area contributed by atoms with E-state index in [4.69, 9.17) is 0 Å². The van der Waals surface area contributed by atoms with Crippen molar-refractivity contribution in [2.75, 3.05) is 0 Å². The molecule has 88 valence electrons. The smallest absolute Gasteiger partial charge is 0.00620 e. The lowest BCUT2D eigenvalue weighted by atomic mass is 9.79. The Morgan fingerprint density at radius 1 is 1.00 bits per heavy atom. The van der Waals surface area contributed by atoms with Crippen LogP contribution in [-0.4, -0.2) is 0 Å². The molecular formula is C17H20. The summed E-state index contributed by atoms with van der Waals surface area (Å²) in [6.45, 7) is 6.82. The van der Waals surface area contributed by atoms with Gasteiger partial charge in [0.25, 0.3) is 0 Å². The van der Waals surface area contributed by atoms with E-state index in [-0.39, 0.29) is 5.41 Å². The van der Waals surface area contributed by atoms with Crippen molar-refractivity contribution in [1.82, 2.24) is 0 Å². The zero-order valence-corrected chi connectivity index (χ0v) is 10.9. The van der Waals surface area contributed by atoms with Gasteiger partial charge in [0.1, 0.15) is 0 Å². The van der Waals surface area contributed by atoms with Gasteiger partial charge >= 0.3 is 0 Å². The molecule has 0 amide bonds. The molecule has 17 heavy (non-hydrogen) atoms. The van der Waals surface area contributed by atoms with Gasteiger partial charge in [0.15, 0.2) is 0 Å². The van der Waals surface area contributed by atoms with Gasteiger partial charge in [0.05, 0.1) is 0 Å². The molecule has 0 saturated carbocycles. The zero-order chi connectivity index (χ0) is 12.3. The van der Waals surface area contributed by atoms with Gasteiger partial charge in [-0.05, 0) is 17.1 Å². The van der Waals surface area contributed by atoms with Crippen LogP contribution in [0.1, 0.15) is 26.3 Å². The molecule has 0 N–H and O–H groups in total. The SMILES string of the molecule is CC(C)C1(C)C=CC=C(c2ccccc2)C=C1. The third-order valence-electron chi connectivity index (χ3n) is 3.70. The predicted molar refractivity (Wildman–Crippen MR) is 75.6 cm³/mol. The summed E-state index contributed by atoms with van der Waals surface area (Å²) < 4.78 is 0. The minimum Gasteiger partial charge on any atom is -0.0745 e. The lowest BCUT2D eigenvalue weighted by molar-refractivity contribution is 0.383. The van der Waals surface area contributed by atoms with Gasteiger partial charge in [-0.2, -0.15) is 0 Å². The fraction of sp³-hybridized carbons (Fsp3) is 0.294. The summed E-state index contributed by atoms with van der Waals surface area (Å²) >= 11 is 0. The van der Waals surface area contributed by atoms with Crippen LogP contribution >= 0.6 is 0 Å². The highest BCUT2D eigenvalue weighted by Gasteiger charge is 2.22. The van der Waals surface area contributed by atoms with E-state index in [1.54, 1.807) is 0 Å². The van der Waals surface area contributed by atoms with E-state index < -0.39 is 0 Å². The van der Waals surface area contributed by atoms with Crippen molar-refractivity contribution >= 4 is 5.57 Å². The van der Waals surface area contributed by atoms with Crippen LogP contribution in [0.5, 0.6) is 0 Å². The highest BCUT2D eigenvalue weighted by Crippen LogP contribution is 2.33. The van der Waals surface area contributed by atoms with Gasteiger partial charge in [-0.3, -0.25) is 0 Å². The van der Waals surface area contributed by atoms with Crippen LogP contribution < -0.4 is 0 Å². The summed E-state index contributed by atoms with van der Waals surface area (Å²) in [5.74, 6) is 0.610. The summed E-state index contributed by atoms with van der Waals surface area (Å²) in [5.41, 5.74) is 2.72. The largest absolute Gasteiger partial charge is 0.0745 e. The van der Waals surface area contributed by atoms with Gasteiger partial charge in [-0.15, -0.1) is 0 Å². The fourth-order valence-corrected chi connectivity index (χ4v) is 1.95. The van der Waals surface area contributed by atoms with E-state index in [1.807, 2.05) is 0 Å². The zero-order valence-electron chi connectivity index (χ0n) is 10.9. The topological polar surface area (TPSA) is 0 Å².